The van der Waals surface area contributed by atoms with E-state index in [9.17, 15) is 22.8 Å². The summed E-state index contributed by atoms with van der Waals surface area (Å²) in [6.45, 7) is 2.68. The molecule has 0 aliphatic carbocycles. The molecule has 2 amide bonds. The number of nitrogens with one attached hydrogen (secondary N) is 2. The fourth-order valence-corrected chi connectivity index (χ4v) is 5.23. The smallest absolute Gasteiger partial charge is 0.288 e. The number of furan rings is 1. The lowest BCUT2D eigenvalue weighted by Gasteiger charge is -2.36. The summed E-state index contributed by atoms with van der Waals surface area (Å²) in [7, 11) is 0. The zero-order valence-electron chi connectivity index (χ0n) is 20.7. The van der Waals surface area contributed by atoms with Crippen molar-refractivity contribution in [3.63, 3.8) is 0 Å². The Morgan fingerprint density at radius 2 is 1.61 bits per heavy atom. The summed E-state index contributed by atoms with van der Waals surface area (Å²) >= 11 is 2.15. The normalized spacial score (nSPS) is 18.9. The van der Waals surface area contributed by atoms with Crippen molar-refractivity contribution in [2.24, 2.45) is 0 Å². The number of halogens is 4. The van der Waals surface area contributed by atoms with Gasteiger partial charge in [-0.25, -0.2) is 18.2 Å². The number of aromatic nitrogens is 1. The van der Waals surface area contributed by atoms with Crippen LogP contribution in [0.5, 0.6) is 0 Å². The van der Waals surface area contributed by atoms with Crippen molar-refractivity contribution >= 4 is 56.9 Å². The molecule has 2 aliphatic rings. The predicted molar refractivity (Wildman–Crippen MR) is 145 cm³/mol. The molecule has 2 saturated heterocycles. The number of hydrazine groups is 1. The molecule has 4 heterocycles. The first-order chi connectivity index (χ1) is 18.0. The van der Waals surface area contributed by atoms with E-state index in [1.807, 2.05) is 11.0 Å². The summed E-state index contributed by atoms with van der Waals surface area (Å²) in [6, 6.07) is 8.49. The van der Waals surface area contributed by atoms with Crippen molar-refractivity contribution in [3.8, 4) is 0 Å². The minimum Gasteiger partial charge on any atom is -0.460 e. The molecule has 38 heavy (non-hydrogen) atoms. The highest BCUT2D eigenvalue weighted by Gasteiger charge is 2.35. The van der Waals surface area contributed by atoms with Gasteiger partial charge < -0.3 is 14.2 Å². The molecule has 2 N–H and O–H groups in total. The molecule has 8 nitrogen and oxygen atoms in total. The van der Waals surface area contributed by atoms with Gasteiger partial charge in [-0.1, -0.05) is 0 Å². The fraction of sp³-hybridized carbons (Fsp3) is 0.423. The lowest BCUT2D eigenvalue weighted by atomic mass is 9.95. The second kappa shape index (κ2) is 10.3. The molecule has 1 aromatic carbocycles. The molecule has 202 valence electrons. The first-order valence-corrected chi connectivity index (χ1v) is 13.4. The minimum absolute atomic E-state index is 0.00706. The molecule has 0 saturated carbocycles. The molecule has 2 aliphatic heterocycles. The van der Waals surface area contributed by atoms with Crippen molar-refractivity contribution in [2.75, 3.05) is 36.0 Å². The number of piperidine rings is 2. The zero-order valence-corrected chi connectivity index (χ0v) is 22.9. The molecule has 0 spiro atoms. The zero-order chi connectivity index (χ0) is 27.1. The Labute approximate surface area is 231 Å². The standard InChI is InChI=1S/C26H27F3IN5O3/c1-25(27)5-9-34(10-6-25)20-15-17(30)2-3-18(20)23(36)32-33-24(37)19-14-16-4-13-38-21(16)22(31-19)35-11-7-26(28,29)8-12-35/h2-4,13-15H,5-12H2,1H3,(H,32,36)(H,33,37). The first-order valence-electron chi connectivity index (χ1n) is 12.4. The van der Waals surface area contributed by atoms with Gasteiger partial charge in [0.05, 0.1) is 17.5 Å². The molecule has 3 aromatic rings. The van der Waals surface area contributed by atoms with Crippen molar-refractivity contribution < 1.29 is 27.2 Å². The summed E-state index contributed by atoms with van der Waals surface area (Å²) < 4.78 is 48.1. The van der Waals surface area contributed by atoms with Crippen molar-refractivity contribution in [1.29, 1.82) is 0 Å². The van der Waals surface area contributed by atoms with Gasteiger partial charge in [-0.3, -0.25) is 20.4 Å². The van der Waals surface area contributed by atoms with Crippen molar-refractivity contribution in [2.45, 2.75) is 44.2 Å². The van der Waals surface area contributed by atoms with Gasteiger partial charge in [0.15, 0.2) is 11.4 Å². The number of pyridine rings is 1. The Hall–Kier alpha value is -3.03. The van der Waals surface area contributed by atoms with Gasteiger partial charge >= 0.3 is 0 Å². The Morgan fingerprint density at radius 1 is 0.947 bits per heavy atom. The average molecular weight is 641 g/mol. The summed E-state index contributed by atoms with van der Waals surface area (Å²) in [5, 5.41) is 0.591. The van der Waals surface area contributed by atoms with Gasteiger partial charge in [-0.05, 0) is 72.7 Å². The number of benzene rings is 1. The number of carbonyl (C=O) groups excluding carboxylic acids is 2. The molecular weight excluding hydrogens is 614 g/mol. The largest absolute Gasteiger partial charge is 0.460 e. The number of rotatable bonds is 4. The Morgan fingerprint density at radius 3 is 2.32 bits per heavy atom. The van der Waals surface area contributed by atoms with Gasteiger partial charge in [0.1, 0.15) is 11.4 Å². The van der Waals surface area contributed by atoms with Crippen LogP contribution in [0.1, 0.15) is 53.5 Å². The highest BCUT2D eigenvalue weighted by Crippen LogP contribution is 2.34. The molecule has 5 rings (SSSR count). The van der Waals surface area contributed by atoms with E-state index in [-0.39, 0.29) is 31.6 Å². The summed E-state index contributed by atoms with van der Waals surface area (Å²) in [5.74, 6) is -3.61. The van der Waals surface area contributed by atoms with E-state index in [4.69, 9.17) is 4.42 Å². The number of alkyl halides is 3. The molecule has 12 heteroatoms. The van der Waals surface area contributed by atoms with Gasteiger partial charge in [-0.15, -0.1) is 0 Å². The van der Waals surface area contributed by atoms with Crippen LogP contribution in [0.15, 0.2) is 41.0 Å². The third-order valence-electron chi connectivity index (χ3n) is 7.09. The topological polar surface area (TPSA) is 90.7 Å². The van der Waals surface area contributed by atoms with Crippen LogP contribution in [0.4, 0.5) is 24.7 Å². The highest BCUT2D eigenvalue weighted by atomic mass is 127. The van der Waals surface area contributed by atoms with Gasteiger partial charge in [0, 0.05) is 48.0 Å². The Balaban J connectivity index is 1.31. The third-order valence-corrected chi connectivity index (χ3v) is 7.76. The number of fused-ring (bicyclic) bond motifs is 1. The van der Waals surface area contributed by atoms with E-state index in [2.05, 4.69) is 38.4 Å². The van der Waals surface area contributed by atoms with Gasteiger partial charge in [0.25, 0.3) is 17.7 Å². The average Bonchev–Trinajstić information content (AvgIpc) is 3.35. The monoisotopic (exact) mass is 641 g/mol. The second-order valence-electron chi connectivity index (χ2n) is 9.98. The molecule has 2 fully saturated rings. The van der Waals surface area contributed by atoms with Crippen LogP contribution in [0, 0.1) is 3.57 Å². The van der Waals surface area contributed by atoms with Crippen LogP contribution >= 0.6 is 22.6 Å². The van der Waals surface area contributed by atoms with Crippen LogP contribution in [0.2, 0.25) is 0 Å². The molecular formula is C26H27F3IN5O3. The number of hydrogen-bond donors (Lipinski definition) is 2. The van der Waals surface area contributed by atoms with Gasteiger partial charge in [-0.2, -0.15) is 0 Å². The molecule has 0 bridgehead atoms. The third kappa shape index (κ3) is 5.69. The van der Waals surface area contributed by atoms with E-state index in [1.165, 1.54) is 12.3 Å². The van der Waals surface area contributed by atoms with E-state index in [0.717, 1.165) is 3.57 Å². The summed E-state index contributed by atoms with van der Waals surface area (Å²) in [5.41, 5.74) is 5.05. The molecule has 0 unspecified atom stereocenters. The van der Waals surface area contributed by atoms with E-state index in [0.29, 0.717) is 54.0 Å². The Bertz CT molecular complexity index is 1360. The predicted octanol–water partition coefficient (Wildman–Crippen LogP) is 5.07. The highest BCUT2D eigenvalue weighted by molar-refractivity contribution is 14.1. The van der Waals surface area contributed by atoms with E-state index in [1.54, 1.807) is 30.0 Å². The Kier molecular flexibility index (Phi) is 7.18. The van der Waals surface area contributed by atoms with Crippen LogP contribution < -0.4 is 20.7 Å². The maximum atomic E-state index is 14.3. The van der Waals surface area contributed by atoms with Gasteiger partial charge in [0.2, 0.25) is 0 Å². The summed E-state index contributed by atoms with van der Waals surface area (Å²) in [6.07, 6.45) is 1.53. The SMILES string of the molecule is CC1(F)CCN(c2cc(I)ccc2C(=O)NNC(=O)c2cc3ccoc3c(N3CCC(F)(F)CC3)n2)CC1. The van der Waals surface area contributed by atoms with Crippen LogP contribution in [0.3, 0.4) is 0 Å². The second-order valence-corrected chi connectivity index (χ2v) is 11.2. The minimum atomic E-state index is -2.73. The fourth-order valence-electron chi connectivity index (χ4n) is 4.75. The number of hydrogen-bond acceptors (Lipinski definition) is 6. The van der Waals surface area contributed by atoms with E-state index < -0.39 is 23.4 Å². The molecule has 0 radical (unpaired) electrons. The quantitative estimate of drug-likeness (QED) is 0.306. The van der Waals surface area contributed by atoms with E-state index >= 15 is 0 Å². The first kappa shape index (κ1) is 26.6. The lowest BCUT2D eigenvalue weighted by Crippen LogP contribution is -2.44. The number of anilines is 2. The molecule has 2 aromatic heterocycles. The molecule has 0 atom stereocenters. The number of amides is 2. The summed E-state index contributed by atoms with van der Waals surface area (Å²) in [4.78, 5) is 34.1. The lowest BCUT2D eigenvalue weighted by molar-refractivity contribution is -0.0221. The van der Waals surface area contributed by atoms with Crippen molar-refractivity contribution in [1.82, 2.24) is 15.8 Å². The number of carbonyl (C=O) groups is 2. The van der Waals surface area contributed by atoms with Crippen molar-refractivity contribution in [3.05, 3.63) is 51.4 Å². The number of nitrogens with zero attached hydrogens (tertiary/aromatic N) is 3. The maximum absolute atomic E-state index is 14.3. The maximum Gasteiger partial charge on any atom is 0.288 e. The van der Waals surface area contributed by atoms with Crippen LogP contribution in [0.25, 0.3) is 11.0 Å². The van der Waals surface area contributed by atoms with Crippen LogP contribution in [-0.2, 0) is 0 Å². The van der Waals surface area contributed by atoms with Crippen LogP contribution in [-0.4, -0.2) is 54.6 Å².